The number of nitrogens with one attached hydrogen (secondary N) is 2. The van der Waals surface area contributed by atoms with Gasteiger partial charge < -0.3 is 5.32 Å². The molecule has 162 valence electrons. The Balaban J connectivity index is 1.61. The average Bonchev–Trinajstić information content (AvgIpc) is 3.42. The number of rotatable bonds is 6. The molecule has 30 heavy (non-hydrogen) atoms. The van der Waals surface area contributed by atoms with E-state index < -0.39 is 27.8 Å². The number of benzene rings is 1. The molecule has 1 amide bonds. The lowest BCUT2D eigenvalue weighted by Gasteiger charge is -2.16. The lowest BCUT2D eigenvalue weighted by Crippen LogP contribution is -2.29. The number of nitrogens with zero attached hydrogens (tertiary/aromatic N) is 1. The van der Waals surface area contributed by atoms with E-state index in [1.165, 1.54) is 12.1 Å². The summed E-state index contributed by atoms with van der Waals surface area (Å²) in [7, 11) is -3.42. The lowest BCUT2D eigenvalue weighted by atomic mass is 10.1. The van der Waals surface area contributed by atoms with E-state index in [2.05, 4.69) is 15.0 Å². The van der Waals surface area contributed by atoms with Gasteiger partial charge in [0.2, 0.25) is 15.9 Å². The van der Waals surface area contributed by atoms with Crippen LogP contribution in [-0.2, 0) is 21.0 Å². The molecular formula is C20H22F3N3O3S. The molecule has 10 heteroatoms. The number of halogens is 3. The predicted molar refractivity (Wildman–Crippen MR) is 106 cm³/mol. The van der Waals surface area contributed by atoms with Crippen molar-refractivity contribution in [2.75, 3.05) is 11.0 Å². The third-order valence-corrected chi connectivity index (χ3v) is 5.59. The second kappa shape index (κ2) is 7.90. The van der Waals surface area contributed by atoms with E-state index in [4.69, 9.17) is 0 Å². The molecule has 3 atom stereocenters. The van der Waals surface area contributed by atoms with Gasteiger partial charge in [0.05, 0.1) is 34.9 Å². The molecule has 3 rings (SSSR count). The van der Waals surface area contributed by atoms with Crippen LogP contribution in [0.4, 0.5) is 18.9 Å². The zero-order chi connectivity index (χ0) is 22.3. The normalized spacial score (nSPS) is 19.8. The zero-order valence-electron chi connectivity index (χ0n) is 16.6. The second-order valence-corrected chi connectivity index (χ2v) is 9.29. The molecule has 0 aliphatic heterocycles. The fourth-order valence-corrected chi connectivity index (χ4v) is 3.91. The first-order chi connectivity index (χ1) is 13.8. The molecule has 1 aliphatic rings. The van der Waals surface area contributed by atoms with Crippen molar-refractivity contribution in [3.8, 4) is 0 Å². The summed E-state index contributed by atoms with van der Waals surface area (Å²) in [5, 5.41) is 2.87. The van der Waals surface area contributed by atoms with E-state index in [9.17, 15) is 26.4 Å². The zero-order valence-corrected chi connectivity index (χ0v) is 17.4. The van der Waals surface area contributed by atoms with E-state index in [0.29, 0.717) is 29.1 Å². The quantitative estimate of drug-likeness (QED) is 0.715. The molecule has 2 unspecified atom stereocenters. The minimum Gasteiger partial charge on any atom is -0.348 e. The largest absolute Gasteiger partial charge is 0.416 e. The van der Waals surface area contributed by atoms with Crippen LogP contribution >= 0.6 is 0 Å². The van der Waals surface area contributed by atoms with Gasteiger partial charge in [0.25, 0.3) is 0 Å². The number of aryl methyl sites for hydroxylation is 1. The number of alkyl halides is 3. The minimum atomic E-state index is -4.38. The lowest BCUT2D eigenvalue weighted by molar-refractivity contribution is -0.137. The van der Waals surface area contributed by atoms with Crippen LogP contribution in [0.1, 0.15) is 47.8 Å². The summed E-state index contributed by atoms with van der Waals surface area (Å²) >= 11 is 0. The molecular weight excluding hydrogens is 419 g/mol. The maximum absolute atomic E-state index is 12.7. The summed E-state index contributed by atoms with van der Waals surface area (Å²) < 4.78 is 63.1. The third kappa shape index (κ3) is 5.29. The number of pyridine rings is 1. The second-order valence-electron chi connectivity index (χ2n) is 7.54. The molecule has 1 heterocycles. The topological polar surface area (TPSA) is 88.2 Å². The SMILES string of the molecule is Cc1nc([C@@H](C)NC(=O)C2CC2c2ccc(C(F)(F)F)cc2)ccc1NS(C)(=O)=O. The number of carbonyl (C=O) groups is 1. The summed E-state index contributed by atoms with van der Waals surface area (Å²) in [5.41, 5.74) is 1.42. The van der Waals surface area contributed by atoms with Crippen molar-refractivity contribution in [1.82, 2.24) is 10.3 Å². The van der Waals surface area contributed by atoms with Crippen LogP contribution in [0.15, 0.2) is 36.4 Å². The first-order valence-electron chi connectivity index (χ1n) is 9.28. The van der Waals surface area contributed by atoms with Gasteiger partial charge in [-0.15, -0.1) is 0 Å². The van der Waals surface area contributed by atoms with E-state index in [0.717, 1.165) is 18.4 Å². The van der Waals surface area contributed by atoms with Crippen LogP contribution in [0.2, 0.25) is 0 Å². The summed E-state index contributed by atoms with van der Waals surface area (Å²) in [5.74, 6) is -0.586. The summed E-state index contributed by atoms with van der Waals surface area (Å²) in [6.07, 6.45) is -2.76. The van der Waals surface area contributed by atoms with Crippen molar-refractivity contribution in [3.05, 3.63) is 58.9 Å². The highest BCUT2D eigenvalue weighted by atomic mass is 32.2. The maximum Gasteiger partial charge on any atom is 0.416 e. The van der Waals surface area contributed by atoms with Gasteiger partial charge in [-0.1, -0.05) is 12.1 Å². The Morgan fingerprint density at radius 1 is 1.17 bits per heavy atom. The molecule has 0 radical (unpaired) electrons. The van der Waals surface area contributed by atoms with Gasteiger partial charge >= 0.3 is 6.18 Å². The van der Waals surface area contributed by atoms with Crippen molar-refractivity contribution in [1.29, 1.82) is 0 Å². The van der Waals surface area contributed by atoms with Crippen molar-refractivity contribution in [3.63, 3.8) is 0 Å². The van der Waals surface area contributed by atoms with Crippen molar-refractivity contribution < 1.29 is 26.4 Å². The number of hydrogen-bond acceptors (Lipinski definition) is 4. The minimum absolute atomic E-state index is 0.101. The van der Waals surface area contributed by atoms with Crippen molar-refractivity contribution in [2.24, 2.45) is 5.92 Å². The van der Waals surface area contributed by atoms with Crippen LogP contribution in [0, 0.1) is 12.8 Å². The monoisotopic (exact) mass is 441 g/mol. The average molecular weight is 441 g/mol. The van der Waals surface area contributed by atoms with Crippen LogP contribution in [-0.4, -0.2) is 25.6 Å². The number of aromatic nitrogens is 1. The summed E-state index contributed by atoms with van der Waals surface area (Å²) in [6.45, 7) is 3.42. The Kier molecular flexibility index (Phi) is 5.81. The van der Waals surface area contributed by atoms with Crippen LogP contribution < -0.4 is 10.0 Å². The molecule has 2 N–H and O–H groups in total. The van der Waals surface area contributed by atoms with Gasteiger partial charge in [0, 0.05) is 5.92 Å². The summed E-state index contributed by atoms with van der Waals surface area (Å²) in [6, 6.07) is 7.71. The Morgan fingerprint density at radius 2 is 1.80 bits per heavy atom. The fraction of sp³-hybridized carbons (Fsp3) is 0.400. The smallest absolute Gasteiger partial charge is 0.348 e. The van der Waals surface area contributed by atoms with E-state index in [1.807, 2.05) is 0 Å². The van der Waals surface area contributed by atoms with Gasteiger partial charge in [-0.2, -0.15) is 13.2 Å². The molecule has 1 fully saturated rings. The number of anilines is 1. The molecule has 2 aromatic rings. The fourth-order valence-electron chi connectivity index (χ4n) is 3.30. The highest BCUT2D eigenvalue weighted by Gasteiger charge is 2.44. The van der Waals surface area contributed by atoms with Crippen LogP contribution in [0.25, 0.3) is 0 Å². The molecule has 6 nitrogen and oxygen atoms in total. The molecule has 1 aliphatic carbocycles. The highest BCUT2D eigenvalue weighted by molar-refractivity contribution is 7.92. The predicted octanol–water partition coefficient (Wildman–Crippen LogP) is 3.76. The Hall–Kier alpha value is -2.62. The highest BCUT2D eigenvalue weighted by Crippen LogP contribution is 2.48. The Morgan fingerprint density at radius 3 is 2.33 bits per heavy atom. The van der Waals surface area contributed by atoms with E-state index in [1.54, 1.807) is 26.0 Å². The van der Waals surface area contributed by atoms with Gasteiger partial charge in [0.15, 0.2) is 0 Å². The molecule has 0 saturated heterocycles. The van der Waals surface area contributed by atoms with E-state index >= 15 is 0 Å². The van der Waals surface area contributed by atoms with Gasteiger partial charge in [-0.05, 0) is 56.0 Å². The van der Waals surface area contributed by atoms with Crippen molar-refractivity contribution in [2.45, 2.75) is 38.4 Å². The third-order valence-electron chi connectivity index (χ3n) is 5.00. The number of sulfonamides is 1. The van der Waals surface area contributed by atoms with Crippen LogP contribution in [0.3, 0.4) is 0 Å². The van der Waals surface area contributed by atoms with Gasteiger partial charge in [-0.3, -0.25) is 14.5 Å². The maximum atomic E-state index is 12.7. The number of carbonyl (C=O) groups excluding carboxylic acids is 1. The molecule has 1 saturated carbocycles. The standard InChI is InChI=1S/C20H22F3N3O3S/c1-11(17-8-9-18(12(2)24-17)26-30(3,28)29)25-19(27)16-10-15(16)13-4-6-14(7-5-13)20(21,22)23/h4-9,11,15-16,26H,10H2,1-3H3,(H,25,27)/t11-,15?,16?/m1/s1. The van der Waals surface area contributed by atoms with Gasteiger partial charge in [-0.25, -0.2) is 8.42 Å². The Labute approximate surface area is 173 Å². The van der Waals surface area contributed by atoms with Crippen LogP contribution in [0.5, 0.6) is 0 Å². The molecule has 1 aromatic carbocycles. The van der Waals surface area contributed by atoms with Gasteiger partial charge in [0.1, 0.15) is 0 Å². The van der Waals surface area contributed by atoms with Crippen molar-refractivity contribution >= 4 is 21.6 Å². The Bertz CT molecular complexity index is 1050. The number of hydrogen-bond donors (Lipinski definition) is 2. The van der Waals surface area contributed by atoms with E-state index in [-0.39, 0.29) is 17.7 Å². The molecule has 1 aromatic heterocycles. The number of amides is 1. The summed E-state index contributed by atoms with van der Waals surface area (Å²) in [4.78, 5) is 16.9. The molecule has 0 bridgehead atoms. The first kappa shape index (κ1) is 22.1. The molecule has 0 spiro atoms. The first-order valence-corrected chi connectivity index (χ1v) is 11.2.